The Morgan fingerprint density at radius 2 is 1.23 bits per heavy atom. The molecular formula is C40H23N3O. The molecule has 3 heterocycles. The number of hydrogen-bond acceptors (Lipinski definition) is 4. The van der Waals surface area contributed by atoms with Gasteiger partial charge in [-0.3, -0.25) is 4.90 Å². The van der Waals surface area contributed by atoms with E-state index in [4.69, 9.17) is 14.4 Å². The van der Waals surface area contributed by atoms with Crippen LogP contribution in [0.5, 0.6) is 0 Å². The monoisotopic (exact) mass is 561 g/mol. The Bertz CT molecular complexity index is 2630. The molecule has 0 saturated carbocycles. The van der Waals surface area contributed by atoms with E-state index in [1.165, 1.54) is 32.7 Å². The van der Waals surface area contributed by atoms with Gasteiger partial charge in [-0.1, -0.05) is 97.1 Å². The van der Waals surface area contributed by atoms with Gasteiger partial charge in [0.15, 0.2) is 5.82 Å². The smallest absolute Gasteiger partial charge is 0.165 e. The van der Waals surface area contributed by atoms with E-state index in [0.29, 0.717) is 0 Å². The minimum Gasteiger partial charge on any atom is -0.456 e. The maximum Gasteiger partial charge on any atom is 0.165 e. The Labute approximate surface area is 252 Å². The van der Waals surface area contributed by atoms with E-state index >= 15 is 0 Å². The quantitative estimate of drug-likeness (QED) is 0.211. The molecule has 10 rings (SSSR count). The molecule has 0 atom stereocenters. The van der Waals surface area contributed by atoms with Gasteiger partial charge in [-0.2, -0.15) is 0 Å². The van der Waals surface area contributed by atoms with E-state index in [2.05, 4.69) is 102 Å². The van der Waals surface area contributed by atoms with Gasteiger partial charge in [-0.05, 0) is 64.2 Å². The first-order valence-electron chi connectivity index (χ1n) is 14.8. The third-order valence-electron chi connectivity index (χ3n) is 8.96. The number of rotatable bonds is 2. The highest BCUT2D eigenvalue weighted by Crippen LogP contribution is 2.54. The lowest BCUT2D eigenvalue weighted by Crippen LogP contribution is -2.18. The molecule has 0 unspecified atom stereocenters. The lowest BCUT2D eigenvalue weighted by atomic mass is 9.88. The summed E-state index contributed by atoms with van der Waals surface area (Å²) in [6.45, 7) is 0. The first-order valence-corrected chi connectivity index (χ1v) is 14.8. The van der Waals surface area contributed by atoms with Crippen molar-refractivity contribution in [1.82, 2.24) is 9.97 Å². The normalized spacial score (nSPS) is 12.5. The summed E-state index contributed by atoms with van der Waals surface area (Å²) in [6.07, 6.45) is 0. The Morgan fingerprint density at radius 1 is 0.500 bits per heavy atom. The maximum absolute atomic E-state index is 6.32. The van der Waals surface area contributed by atoms with Crippen LogP contribution in [0.4, 0.5) is 17.2 Å². The second-order valence-electron chi connectivity index (χ2n) is 11.4. The molecule has 0 aliphatic carbocycles. The summed E-state index contributed by atoms with van der Waals surface area (Å²) in [7, 11) is 0. The van der Waals surface area contributed by atoms with Gasteiger partial charge >= 0.3 is 0 Å². The SMILES string of the molecule is c1ccc2c3c(ccc2c1)N(c1nc2ccccc2nc1-c1ccc2c(c1)oc1ccccc12)c1cccc2cccc-3c12. The molecule has 4 nitrogen and oxygen atoms in total. The van der Waals surface area contributed by atoms with Crippen molar-refractivity contribution in [3.8, 4) is 22.4 Å². The minimum atomic E-state index is 0.790. The van der Waals surface area contributed by atoms with Crippen LogP contribution in [0.15, 0.2) is 144 Å². The van der Waals surface area contributed by atoms with E-state index in [-0.39, 0.29) is 0 Å². The fourth-order valence-corrected chi connectivity index (χ4v) is 7.02. The molecule has 9 aromatic rings. The molecule has 0 fully saturated rings. The fourth-order valence-electron chi connectivity index (χ4n) is 7.02. The van der Waals surface area contributed by atoms with E-state index in [1.807, 2.05) is 42.5 Å². The molecule has 7 aromatic carbocycles. The summed E-state index contributed by atoms with van der Waals surface area (Å²) in [5, 5.41) is 7.04. The molecule has 1 aliphatic rings. The highest BCUT2D eigenvalue weighted by molar-refractivity contribution is 6.19. The van der Waals surface area contributed by atoms with E-state index in [0.717, 1.165) is 61.4 Å². The molecule has 4 heteroatoms. The van der Waals surface area contributed by atoms with Gasteiger partial charge in [-0.15, -0.1) is 0 Å². The lowest BCUT2D eigenvalue weighted by molar-refractivity contribution is 0.669. The van der Waals surface area contributed by atoms with Crippen LogP contribution in [0.3, 0.4) is 0 Å². The summed E-state index contributed by atoms with van der Waals surface area (Å²) >= 11 is 0. The van der Waals surface area contributed by atoms with Crippen LogP contribution in [0.2, 0.25) is 0 Å². The maximum atomic E-state index is 6.32. The van der Waals surface area contributed by atoms with Crippen LogP contribution in [0, 0.1) is 0 Å². The predicted molar refractivity (Wildman–Crippen MR) is 181 cm³/mol. The van der Waals surface area contributed by atoms with Gasteiger partial charge in [0.25, 0.3) is 0 Å². The molecule has 0 bridgehead atoms. The zero-order valence-corrected chi connectivity index (χ0v) is 23.5. The van der Waals surface area contributed by atoms with Crippen molar-refractivity contribution in [2.75, 3.05) is 4.90 Å². The van der Waals surface area contributed by atoms with Crippen molar-refractivity contribution in [3.63, 3.8) is 0 Å². The molecule has 0 N–H and O–H groups in total. The second-order valence-corrected chi connectivity index (χ2v) is 11.4. The van der Waals surface area contributed by atoms with Crippen molar-refractivity contribution in [2.45, 2.75) is 0 Å². The van der Waals surface area contributed by atoms with Crippen LogP contribution < -0.4 is 4.90 Å². The number of fused-ring (bicyclic) bond motifs is 8. The lowest BCUT2D eigenvalue weighted by Gasteiger charge is -2.34. The Balaban J connectivity index is 1.33. The van der Waals surface area contributed by atoms with Crippen LogP contribution in [0.1, 0.15) is 0 Å². The topological polar surface area (TPSA) is 42.2 Å². The molecule has 0 amide bonds. The summed E-state index contributed by atoms with van der Waals surface area (Å²) < 4.78 is 6.32. The van der Waals surface area contributed by atoms with Gasteiger partial charge in [0.05, 0.1) is 22.4 Å². The van der Waals surface area contributed by atoms with Gasteiger partial charge in [0.1, 0.15) is 16.9 Å². The third-order valence-corrected chi connectivity index (χ3v) is 8.96. The zero-order chi connectivity index (χ0) is 28.8. The van der Waals surface area contributed by atoms with Crippen LogP contribution in [-0.2, 0) is 0 Å². The predicted octanol–water partition coefficient (Wildman–Crippen LogP) is 11.0. The van der Waals surface area contributed by atoms with Crippen LogP contribution in [0.25, 0.3) is 76.9 Å². The molecule has 2 aromatic heterocycles. The number of benzene rings is 7. The standard InChI is InChI=1S/C40H23N3O/c1-2-12-27-24(9-1)20-22-34-38(27)30-14-7-10-25-11-8-17-33(37(25)30)43(34)40-39(41-31-15-4-5-16-32(31)42-40)26-19-21-29-28-13-3-6-18-35(28)44-36(29)23-26/h1-23H. The largest absolute Gasteiger partial charge is 0.456 e. The number of para-hydroxylation sites is 3. The fraction of sp³-hybridized carbons (Fsp3) is 0. The second kappa shape index (κ2) is 8.76. The summed E-state index contributed by atoms with van der Waals surface area (Å²) in [6, 6.07) is 48.9. The summed E-state index contributed by atoms with van der Waals surface area (Å²) in [4.78, 5) is 13.0. The Hall–Kier alpha value is -6.00. The van der Waals surface area contributed by atoms with E-state index < -0.39 is 0 Å². The molecule has 0 radical (unpaired) electrons. The van der Waals surface area contributed by atoms with Gasteiger partial charge in [0, 0.05) is 27.3 Å². The molecule has 204 valence electrons. The van der Waals surface area contributed by atoms with Crippen molar-refractivity contribution >= 4 is 71.7 Å². The van der Waals surface area contributed by atoms with Gasteiger partial charge in [-0.25, -0.2) is 9.97 Å². The average molecular weight is 562 g/mol. The first-order chi connectivity index (χ1) is 21.8. The van der Waals surface area contributed by atoms with Gasteiger partial charge < -0.3 is 4.42 Å². The number of hydrogen-bond donors (Lipinski definition) is 0. The number of aromatic nitrogens is 2. The van der Waals surface area contributed by atoms with Crippen molar-refractivity contribution in [3.05, 3.63) is 140 Å². The molecule has 0 saturated heterocycles. The Kier molecular flexibility index (Phi) is 4.69. The number of furan rings is 1. The van der Waals surface area contributed by atoms with Crippen LogP contribution >= 0.6 is 0 Å². The molecular weight excluding hydrogens is 538 g/mol. The van der Waals surface area contributed by atoms with Crippen molar-refractivity contribution in [2.24, 2.45) is 0 Å². The molecule has 1 aliphatic heterocycles. The molecule has 0 spiro atoms. The van der Waals surface area contributed by atoms with E-state index in [1.54, 1.807) is 0 Å². The molecule has 44 heavy (non-hydrogen) atoms. The highest BCUT2D eigenvalue weighted by Gasteiger charge is 2.30. The number of anilines is 3. The minimum absolute atomic E-state index is 0.790. The van der Waals surface area contributed by atoms with Crippen molar-refractivity contribution in [1.29, 1.82) is 0 Å². The van der Waals surface area contributed by atoms with Crippen LogP contribution in [-0.4, -0.2) is 9.97 Å². The highest BCUT2D eigenvalue weighted by atomic mass is 16.3. The zero-order valence-electron chi connectivity index (χ0n) is 23.5. The summed E-state index contributed by atoms with van der Waals surface area (Å²) in [5.74, 6) is 0.790. The van der Waals surface area contributed by atoms with E-state index in [9.17, 15) is 0 Å². The van der Waals surface area contributed by atoms with Crippen molar-refractivity contribution < 1.29 is 4.42 Å². The Morgan fingerprint density at radius 3 is 2.14 bits per heavy atom. The third kappa shape index (κ3) is 3.22. The summed E-state index contributed by atoms with van der Waals surface area (Å²) in [5.41, 5.74) is 9.81. The first kappa shape index (κ1) is 23.6. The average Bonchev–Trinajstić information content (AvgIpc) is 3.46. The van der Waals surface area contributed by atoms with Gasteiger partial charge in [0.2, 0.25) is 0 Å². The number of nitrogens with zero attached hydrogens (tertiary/aromatic N) is 3.